The average molecular weight is 183 g/mol. The lowest BCUT2D eigenvalue weighted by Gasteiger charge is -2.35. The molecule has 4 heteroatoms. The first-order valence-corrected chi connectivity index (χ1v) is 4.91. The third-order valence-electron chi connectivity index (χ3n) is 3.63. The van der Waals surface area contributed by atoms with Crippen LogP contribution >= 0.6 is 0 Å². The molecule has 2 fully saturated rings. The van der Waals surface area contributed by atoms with Crippen LogP contribution < -0.4 is 5.73 Å². The van der Waals surface area contributed by atoms with Gasteiger partial charge in [0.25, 0.3) is 0 Å². The lowest BCUT2D eigenvalue weighted by Crippen LogP contribution is -2.43. The van der Waals surface area contributed by atoms with Crippen LogP contribution in [0.3, 0.4) is 0 Å². The highest BCUT2D eigenvalue weighted by molar-refractivity contribution is 5.82. The van der Waals surface area contributed by atoms with Gasteiger partial charge in [0.2, 0.25) is 0 Å². The molecule has 74 valence electrons. The molecule has 4 nitrogen and oxygen atoms in total. The molecule has 0 amide bonds. The molecular weight excluding hydrogens is 166 g/mol. The number of rotatable bonds is 1. The van der Waals surface area contributed by atoms with Gasteiger partial charge in [0.1, 0.15) is 5.84 Å². The number of nitrogens with two attached hydrogens (primary N) is 1. The summed E-state index contributed by atoms with van der Waals surface area (Å²) >= 11 is 0. The van der Waals surface area contributed by atoms with E-state index < -0.39 is 0 Å². The van der Waals surface area contributed by atoms with Crippen LogP contribution in [0.25, 0.3) is 0 Å². The van der Waals surface area contributed by atoms with E-state index >= 15 is 0 Å². The second-order valence-electron chi connectivity index (χ2n) is 4.24. The van der Waals surface area contributed by atoms with Gasteiger partial charge in [-0.05, 0) is 32.7 Å². The van der Waals surface area contributed by atoms with Gasteiger partial charge in [0, 0.05) is 18.0 Å². The molecule has 2 bridgehead atoms. The standard InChI is InChI=1S/C9H17N3O/c1-12-7-2-3-8(12)5-6(4-7)9(10)11-13/h6-8,13H,2-5H2,1H3,(H2,10,11)/t7-,8-/m0/s1. The molecule has 0 saturated carbocycles. The smallest absolute Gasteiger partial charge is 0.142 e. The fourth-order valence-corrected chi connectivity index (χ4v) is 2.73. The molecule has 2 saturated heterocycles. The zero-order chi connectivity index (χ0) is 9.42. The van der Waals surface area contributed by atoms with Crippen LogP contribution in [0.1, 0.15) is 25.7 Å². The van der Waals surface area contributed by atoms with Gasteiger partial charge in [0.05, 0.1) is 0 Å². The predicted molar refractivity (Wildman–Crippen MR) is 50.7 cm³/mol. The summed E-state index contributed by atoms with van der Waals surface area (Å²) in [5, 5.41) is 11.7. The lowest BCUT2D eigenvalue weighted by atomic mass is 9.90. The van der Waals surface area contributed by atoms with Crippen LogP contribution in [0, 0.1) is 5.92 Å². The van der Waals surface area contributed by atoms with Gasteiger partial charge in [-0.3, -0.25) is 0 Å². The van der Waals surface area contributed by atoms with Crippen molar-refractivity contribution in [2.24, 2.45) is 16.8 Å². The van der Waals surface area contributed by atoms with Crippen molar-refractivity contribution in [1.82, 2.24) is 4.90 Å². The Labute approximate surface area is 78.4 Å². The Bertz CT molecular complexity index is 215. The van der Waals surface area contributed by atoms with E-state index in [1.165, 1.54) is 12.8 Å². The number of hydrogen-bond acceptors (Lipinski definition) is 3. The summed E-state index contributed by atoms with van der Waals surface area (Å²) in [6, 6.07) is 1.31. The quantitative estimate of drug-likeness (QED) is 0.271. The van der Waals surface area contributed by atoms with Gasteiger partial charge in [-0.25, -0.2) is 0 Å². The molecule has 0 aromatic rings. The predicted octanol–water partition coefficient (Wildman–Crippen LogP) is 0.606. The minimum atomic E-state index is 0.304. The molecule has 0 aromatic carbocycles. The maximum Gasteiger partial charge on any atom is 0.142 e. The maximum absolute atomic E-state index is 8.60. The highest BCUT2D eigenvalue weighted by Gasteiger charge is 2.39. The van der Waals surface area contributed by atoms with Gasteiger partial charge in [0.15, 0.2) is 0 Å². The minimum absolute atomic E-state index is 0.304. The fourth-order valence-electron chi connectivity index (χ4n) is 2.73. The molecule has 0 radical (unpaired) electrons. The summed E-state index contributed by atoms with van der Waals surface area (Å²) in [4.78, 5) is 2.45. The van der Waals surface area contributed by atoms with Crippen molar-refractivity contribution < 1.29 is 5.21 Å². The van der Waals surface area contributed by atoms with E-state index in [9.17, 15) is 0 Å². The average Bonchev–Trinajstić information content (AvgIpc) is 2.42. The normalized spacial score (nSPS) is 41.0. The first kappa shape index (κ1) is 8.81. The second kappa shape index (κ2) is 3.18. The molecule has 0 spiro atoms. The third kappa shape index (κ3) is 1.39. The third-order valence-corrected chi connectivity index (χ3v) is 3.63. The van der Waals surface area contributed by atoms with E-state index in [1.54, 1.807) is 0 Å². The van der Waals surface area contributed by atoms with Crippen LogP contribution in [0.2, 0.25) is 0 Å². The molecule has 13 heavy (non-hydrogen) atoms. The Morgan fingerprint density at radius 3 is 2.38 bits per heavy atom. The Balaban J connectivity index is 2.07. The highest BCUT2D eigenvalue weighted by Crippen LogP contribution is 2.37. The van der Waals surface area contributed by atoms with Crippen LogP contribution in [-0.2, 0) is 0 Å². The minimum Gasteiger partial charge on any atom is -0.409 e. The van der Waals surface area contributed by atoms with Crippen molar-refractivity contribution in [3.63, 3.8) is 0 Å². The number of piperidine rings is 1. The zero-order valence-corrected chi connectivity index (χ0v) is 7.98. The number of fused-ring (bicyclic) bond motifs is 2. The molecular formula is C9H17N3O. The van der Waals surface area contributed by atoms with E-state index in [0.717, 1.165) is 12.8 Å². The number of oxime groups is 1. The zero-order valence-electron chi connectivity index (χ0n) is 7.98. The van der Waals surface area contributed by atoms with Crippen molar-refractivity contribution in [3.8, 4) is 0 Å². The molecule has 2 aliphatic rings. The Morgan fingerprint density at radius 1 is 1.38 bits per heavy atom. The van der Waals surface area contributed by atoms with Crippen LogP contribution in [0.15, 0.2) is 5.16 Å². The summed E-state index contributed by atoms with van der Waals surface area (Å²) in [5.74, 6) is 0.726. The second-order valence-corrected chi connectivity index (χ2v) is 4.24. The van der Waals surface area contributed by atoms with Gasteiger partial charge >= 0.3 is 0 Å². The fraction of sp³-hybridized carbons (Fsp3) is 0.889. The summed E-state index contributed by atoms with van der Waals surface area (Å²) < 4.78 is 0. The van der Waals surface area contributed by atoms with Gasteiger partial charge in [-0.2, -0.15) is 0 Å². The number of amidine groups is 1. The summed E-state index contributed by atoms with van der Waals surface area (Å²) in [6.45, 7) is 0. The largest absolute Gasteiger partial charge is 0.409 e. The number of hydrogen-bond donors (Lipinski definition) is 2. The van der Waals surface area contributed by atoms with Crippen molar-refractivity contribution in [1.29, 1.82) is 0 Å². The van der Waals surface area contributed by atoms with Gasteiger partial charge < -0.3 is 15.8 Å². The van der Waals surface area contributed by atoms with Crippen LogP contribution in [0.5, 0.6) is 0 Å². The van der Waals surface area contributed by atoms with Crippen molar-refractivity contribution in [3.05, 3.63) is 0 Å². The Morgan fingerprint density at radius 2 is 1.92 bits per heavy atom. The monoisotopic (exact) mass is 183 g/mol. The van der Waals surface area contributed by atoms with E-state index in [4.69, 9.17) is 10.9 Å². The summed E-state index contributed by atoms with van der Waals surface area (Å²) in [6.07, 6.45) is 4.67. The molecule has 3 N–H and O–H groups in total. The van der Waals surface area contributed by atoms with Crippen LogP contribution in [0.4, 0.5) is 0 Å². The summed E-state index contributed by atoms with van der Waals surface area (Å²) in [5.41, 5.74) is 5.63. The lowest BCUT2D eigenvalue weighted by molar-refractivity contribution is 0.156. The molecule has 2 rings (SSSR count). The molecule has 0 aliphatic carbocycles. The van der Waals surface area contributed by atoms with Gasteiger partial charge in [-0.1, -0.05) is 5.16 Å². The maximum atomic E-state index is 8.60. The van der Waals surface area contributed by atoms with E-state index in [0.29, 0.717) is 23.8 Å². The van der Waals surface area contributed by atoms with E-state index in [-0.39, 0.29) is 0 Å². The van der Waals surface area contributed by atoms with Crippen molar-refractivity contribution in [2.75, 3.05) is 7.05 Å². The summed E-state index contributed by atoms with van der Waals surface area (Å²) in [7, 11) is 2.19. The number of nitrogens with zero attached hydrogens (tertiary/aromatic N) is 2. The van der Waals surface area contributed by atoms with Crippen molar-refractivity contribution in [2.45, 2.75) is 37.8 Å². The molecule has 2 heterocycles. The van der Waals surface area contributed by atoms with E-state index in [2.05, 4.69) is 17.1 Å². The van der Waals surface area contributed by atoms with Crippen LogP contribution in [-0.4, -0.2) is 35.1 Å². The van der Waals surface area contributed by atoms with E-state index in [1.807, 2.05) is 0 Å². The molecule has 0 aromatic heterocycles. The first-order valence-electron chi connectivity index (χ1n) is 4.91. The first-order chi connectivity index (χ1) is 6.22. The molecule has 2 aliphatic heterocycles. The molecule has 2 atom stereocenters. The molecule has 0 unspecified atom stereocenters. The SMILES string of the molecule is CN1[C@H]2CC[C@H]1CC(/C(N)=N\O)C2. The Kier molecular flexibility index (Phi) is 2.15. The Hall–Kier alpha value is -0.770. The van der Waals surface area contributed by atoms with Crippen molar-refractivity contribution >= 4 is 5.84 Å². The highest BCUT2D eigenvalue weighted by atomic mass is 16.4. The topological polar surface area (TPSA) is 61.8 Å². The van der Waals surface area contributed by atoms with Gasteiger partial charge in [-0.15, -0.1) is 0 Å².